The highest BCUT2D eigenvalue weighted by Gasteiger charge is 2.19. The van der Waals surface area contributed by atoms with Gasteiger partial charge in [0, 0.05) is 46.0 Å². The monoisotopic (exact) mass is 678 g/mol. The Kier molecular flexibility index (Phi) is 7.54. The third-order valence-corrected chi connectivity index (χ3v) is 11.1. The second-order valence-electron chi connectivity index (χ2n) is 14.1. The Balaban J connectivity index is 1.51. The first-order chi connectivity index (χ1) is 26.2. The van der Waals surface area contributed by atoms with E-state index in [1.165, 1.54) is 65.8 Å². The molecule has 7 aromatic rings. The number of aryl methyl sites for hydroxylation is 2. The highest BCUT2D eigenvalue weighted by atomic mass is 15.0. The zero-order valence-electron chi connectivity index (χ0n) is 29.5. The molecular formula is C51H38N2. The van der Waals surface area contributed by atoms with Gasteiger partial charge in [-0.25, -0.2) is 0 Å². The average molecular weight is 679 g/mol. The van der Waals surface area contributed by atoms with Crippen LogP contribution >= 0.6 is 0 Å². The Morgan fingerprint density at radius 2 is 0.906 bits per heavy atom. The topological polar surface area (TPSA) is 9.34 Å². The van der Waals surface area contributed by atoms with Gasteiger partial charge in [-0.05, 0) is 92.0 Å². The van der Waals surface area contributed by atoms with Crippen LogP contribution in [0.2, 0.25) is 0 Å². The molecule has 4 aromatic carbocycles. The van der Waals surface area contributed by atoms with Crippen LogP contribution in [-0.2, 0) is 13.0 Å². The van der Waals surface area contributed by atoms with Gasteiger partial charge in [0.15, 0.2) is 0 Å². The smallest absolute Gasteiger partial charge is 0.0541 e. The van der Waals surface area contributed by atoms with Crippen LogP contribution < -0.4 is 5.22 Å². The Morgan fingerprint density at radius 3 is 1.53 bits per heavy atom. The fourth-order valence-electron chi connectivity index (χ4n) is 8.72. The number of benzene rings is 4. The maximum Gasteiger partial charge on any atom is 0.0541 e. The molecule has 2 heteroatoms. The number of nitrogens with zero attached hydrogens (tertiary/aromatic N) is 2. The first-order valence-corrected chi connectivity index (χ1v) is 18.6. The molecule has 0 saturated carbocycles. The lowest BCUT2D eigenvalue weighted by molar-refractivity contribution is 0.688. The van der Waals surface area contributed by atoms with Crippen molar-refractivity contribution in [3.63, 3.8) is 0 Å². The van der Waals surface area contributed by atoms with Crippen molar-refractivity contribution in [2.45, 2.75) is 19.4 Å². The molecule has 0 fully saturated rings. The van der Waals surface area contributed by atoms with Crippen molar-refractivity contribution >= 4 is 34.0 Å². The lowest BCUT2D eigenvalue weighted by atomic mass is 9.98. The Morgan fingerprint density at radius 1 is 0.396 bits per heavy atom. The molecule has 0 saturated heterocycles. The Bertz CT molecular complexity index is 3010. The molecule has 1 aliphatic carbocycles. The fraction of sp³-hybridized carbons (Fsp3) is 0.0588. The summed E-state index contributed by atoms with van der Waals surface area (Å²) in [5.74, 6) is 0. The van der Waals surface area contributed by atoms with Crippen molar-refractivity contribution in [3.05, 3.63) is 203 Å². The van der Waals surface area contributed by atoms with Gasteiger partial charge in [0.1, 0.15) is 0 Å². The van der Waals surface area contributed by atoms with Crippen LogP contribution in [0, 0.1) is 10.4 Å². The molecule has 0 amide bonds. The van der Waals surface area contributed by atoms with E-state index in [4.69, 9.17) is 6.58 Å². The molecule has 0 N–H and O–H groups in total. The quantitative estimate of drug-likeness (QED) is 0.175. The van der Waals surface area contributed by atoms with Gasteiger partial charge in [-0.2, -0.15) is 0 Å². The van der Waals surface area contributed by atoms with E-state index in [1.54, 1.807) is 0 Å². The van der Waals surface area contributed by atoms with Crippen LogP contribution in [-0.4, -0.2) is 8.97 Å². The Labute approximate surface area is 309 Å². The SMILES string of the molecule is C=c1ccc2c(-c3ccccc3)c3ccc(c(-c4ccccc4)c4ccc5c(-c6ccccc6)c6ccc(c1-c1ccccc1)n6ccc4=5)n3CCC2. The van der Waals surface area contributed by atoms with Gasteiger partial charge in [-0.1, -0.05) is 152 Å². The molecule has 0 atom stereocenters. The van der Waals surface area contributed by atoms with E-state index in [9.17, 15) is 0 Å². The molecule has 3 aromatic heterocycles. The van der Waals surface area contributed by atoms with E-state index >= 15 is 0 Å². The van der Waals surface area contributed by atoms with E-state index in [0.29, 0.717) is 0 Å². The van der Waals surface area contributed by atoms with E-state index in [-0.39, 0.29) is 0 Å². The summed E-state index contributed by atoms with van der Waals surface area (Å²) in [5, 5.41) is 4.68. The van der Waals surface area contributed by atoms with Crippen molar-refractivity contribution in [1.82, 2.24) is 8.97 Å². The van der Waals surface area contributed by atoms with E-state index in [1.807, 2.05) is 0 Å². The van der Waals surface area contributed by atoms with Crippen LogP contribution in [0.25, 0.3) is 78.5 Å². The zero-order chi connectivity index (χ0) is 35.3. The molecule has 6 bridgehead atoms. The average Bonchev–Trinajstić information content (AvgIpc) is 3.86. The number of aromatic nitrogens is 2. The summed E-state index contributed by atoms with van der Waals surface area (Å²) in [4.78, 5) is 0. The largest absolute Gasteiger partial charge is 0.340 e. The maximum absolute atomic E-state index is 4.77. The highest BCUT2D eigenvalue weighted by Crippen LogP contribution is 2.39. The third kappa shape index (κ3) is 5.18. The summed E-state index contributed by atoms with van der Waals surface area (Å²) in [6, 6.07) is 64.4. The van der Waals surface area contributed by atoms with Crippen LogP contribution in [0.15, 0.2) is 182 Å². The number of hydrogen-bond donors (Lipinski definition) is 0. The second-order valence-corrected chi connectivity index (χ2v) is 14.1. The molecular weight excluding hydrogens is 641 g/mol. The fourth-order valence-corrected chi connectivity index (χ4v) is 8.72. The number of fused-ring (bicyclic) bond motifs is 2. The normalized spacial score (nSPS) is 12.4. The van der Waals surface area contributed by atoms with Gasteiger partial charge in [0.2, 0.25) is 0 Å². The third-order valence-electron chi connectivity index (χ3n) is 11.1. The minimum Gasteiger partial charge on any atom is -0.340 e. The standard InChI is InChI=1S/C51H38N2/c1-35-24-25-40-23-14-33-52-45(49(40)37-17-8-3-9-18-37)29-31-46(52)50(38-19-10-4-11-20-38)42-26-27-43-41(42)32-34-53-44(48(35)36-15-6-2-7-16-36)28-30-47(53)51(43)39-21-12-5-13-22-39/h2-13,15-22,24-32,34H,1,14,23,33H2. The van der Waals surface area contributed by atoms with Crippen LogP contribution in [0.1, 0.15) is 12.0 Å². The summed E-state index contributed by atoms with van der Waals surface area (Å²) < 4.78 is 4.96. The number of hydrogen-bond acceptors (Lipinski definition) is 0. The molecule has 252 valence electrons. The van der Waals surface area contributed by atoms with E-state index in [2.05, 4.69) is 191 Å². The number of rotatable bonds is 4. The summed E-state index contributed by atoms with van der Waals surface area (Å²) in [7, 11) is 0. The molecule has 0 radical (unpaired) electrons. The van der Waals surface area contributed by atoms with Crippen molar-refractivity contribution in [2.75, 3.05) is 0 Å². The summed E-state index contributed by atoms with van der Waals surface area (Å²) in [6.45, 7) is 5.70. The van der Waals surface area contributed by atoms with Crippen molar-refractivity contribution in [3.8, 4) is 44.5 Å². The van der Waals surface area contributed by atoms with Crippen molar-refractivity contribution in [2.24, 2.45) is 0 Å². The molecule has 3 aliphatic rings. The van der Waals surface area contributed by atoms with Crippen LogP contribution in [0.4, 0.5) is 0 Å². The van der Waals surface area contributed by atoms with Gasteiger partial charge in [-0.3, -0.25) is 0 Å². The van der Waals surface area contributed by atoms with Gasteiger partial charge in [0.25, 0.3) is 0 Å². The van der Waals surface area contributed by atoms with Gasteiger partial charge in [-0.15, -0.1) is 0 Å². The molecule has 10 rings (SSSR count). The summed E-state index contributed by atoms with van der Waals surface area (Å²) >= 11 is 0. The molecule has 2 nitrogen and oxygen atoms in total. The Hall–Kier alpha value is -6.64. The van der Waals surface area contributed by atoms with Crippen molar-refractivity contribution in [1.29, 1.82) is 0 Å². The molecule has 0 spiro atoms. The van der Waals surface area contributed by atoms with Crippen LogP contribution in [0.5, 0.6) is 0 Å². The minimum atomic E-state index is 0.928. The van der Waals surface area contributed by atoms with Crippen LogP contribution in [0.3, 0.4) is 0 Å². The predicted octanol–water partition coefficient (Wildman–Crippen LogP) is 12.2. The van der Waals surface area contributed by atoms with Crippen molar-refractivity contribution < 1.29 is 0 Å². The predicted molar refractivity (Wildman–Crippen MR) is 223 cm³/mol. The minimum absolute atomic E-state index is 0.928. The molecule has 5 heterocycles. The second kappa shape index (κ2) is 12.8. The lowest BCUT2D eigenvalue weighted by Gasteiger charge is -2.11. The highest BCUT2D eigenvalue weighted by molar-refractivity contribution is 5.98. The first-order valence-electron chi connectivity index (χ1n) is 18.6. The lowest BCUT2D eigenvalue weighted by Crippen LogP contribution is -2.02. The molecule has 53 heavy (non-hydrogen) atoms. The first kappa shape index (κ1) is 31.1. The van der Waals surface area contributed by atoms with Gasteiger partial charge >= 0.3 is 0 Å². The molecule has 0 unspecified atom stereocenters. The molecule has 2 aliphatic heterocycles. The van der Waals surface area contributed by atoms with E-state index in [0.717, 1.165) is 46.8 Å². The van der Waals surface area contributed by atoms with Gasteiger partial charge in [0.05, 0.1) is 11.0 Å². The van der Waals surface area contributed by atoms with E-state index < -0.39 is 0 Å². The summed E-state index contributed by atoms with van der Waals surface area (Å²) in [6.07, 6.45) is 4.28. The van der Waals surface area contributed by atoms with Gasteiger partial charge < -0.3 is 8.97 Å². The summed E-state index contributed by atoms with van der Waals surface area (Å²) in [5.41, 5.74) is 15.8. The maximum atomic E-state index is 4.77. The zero-order valence-corrected chi connectivity index (χ0v) is 29.5.